The van der Waals surface area contributed by atoms with Crippen LogP contribution in [0, 0.1) is 5.82 Å². The van der Waals surface area contributed by atoms with Crippen LogP contribution in [0.2, 0.25) is 0 Å². The molecule has 0 fully saturated rings. The molecule has 0 aliphatic rings. The lowest BCUT2D eigenvalue weighted by molar-refractivity contribution is 0.632. The summed E-state index contributed by atoms with van der Waals surface area (Å²) < 4.78 is 14.8. The molecule has 3 rings (SSSR count). The van der Waals surface area contributed by atoms with E-state index in [1.165, 1.54) is 11.1 Å². The zero-order valence-electron chi connectivity index (χ0n) is 16.0. The maximum Gasteiger partial charge on any atom is 0.131 e. The molecule has 0 saturated heterocycles. The number of aryl methyl sites for hydroxylation is 2. The van der Waals surface area contributed by atoms with Crippen LogP contribution >= 0.6 is 0 Å². The molecule has 3 aromatic carbocycles. The second-order valence-corrected chi connectivity index (χ2v) is 7.02. The van der Waals surface area contributed by atoms with Gasteiger partial charge >= 0.3 is 0 Å². The van der Waals surface area contributed by atoms with E-state index < -0.39 is 0 Å². The molecule has 3 aromatic rings. The fourth-order valence-corrected chi connectivity index (χ4v) is 3.38. The molecule has 27 heavy (non-hydrogen) atoms. The van der Waals surface area contributed by atoms with E-state index in [9.17, 15) is 4.39 Å². The van der Waals surface area contributed by atoms with Crippen molar-refractivity contribution in [2.75, 3.05) is 0 Å². The molecule has 0 aliphatic carbocycles. The Balaban J connectivity index is 1.77. The molecule has 0 aliphatic heterocycles. The highest BCUT2D eigenvalue weighted by Crippen LogP contribution is 2.28. The third-order valence-electron chi connectivity index (χ3n) is 4.93. The van der Waals surface area contributed by atoms with E-state index >= 15 is 0 Å². The van der Waals surface area contributed by atoms with Crippen molar-refractivity contribution in [3.05, 3.63) is 96.3 Å². The van der Waals surface area contributed by atoms with E-state index in [2.05, 4.69) is 49.9 Å². The van der Waals surface area contributed by atoms with Gasteiger partial charge in [0, 0.05) is 5.56 Å². The van der Waals surface area contributed by atoms with E-state index in [1.807, 2.05) is 30.3 Å². The molecule has 0 saturated carbocycles. The van der Waals surface area contributed by atoms with E-state index in [0.29, 0.717) is 5.56 Å². The summed E-state index contributed by atoms with van der Waals surface area (Å²) in [4.78, 5) is 0. The fourth-order valence-electron chi connectivity index (χ4n) is 3.38. The van der Waals surface area contributed by atoms with Crippen molar-refractivity contribution in [2.24, 2.45) is 0 Å². The molecule has 0 bridgehead atoms. The standard InChI is InChI=1S/C26H27F/c1-3-5-6-8-21-11-15-23(16-12-21)25-18-17-24(19-26(25)27)22-13-9-20(7-4-2)10-14-22/h3,9-19H,1,4-8H2,2H3. The first-order valence-electron chi connectivity index (χ1n) is 9.80. The number of halogens is 1. The van der Waals surface area contributed by atoms with E-state index in [-0.39, 0.29) is 5.82 Å². The molecule has 0 amide bonds. The van der Waals surface area contributed by atoms with Crippen molar-refractivity contribution in [2.45, 2.75) is 39.0 Å². The van der Waals surface area contributed by atoms with E-state index in [1.54, 1.807) is 6.07 Å². The van der Waals surface area contributed by atoms with Crippen molar-refractivity contribution in [3.8, 4) is 22.3 Å². The normalized spacial score (nSPS) is 10.7. The SMILES string of the molecule is C=CCCCc1ccc(-c2ccc(-c3ccc(CCC)cc3)cc2F)cc1. The van der Waals surface area contributed by atoms with Crippen LogP contribution in [0.1, 0.15) is 37.3 Å². The minimum atomic E-state index is -0.176. The Morgan fingerprint density at radius 3 is 1.96 bits per heavy atom. The average molecular weight is 358 g/mol. The molecule has 138 valence electrons. The first-order valence-corrected chi connectivity index (χ1v) is 9.80. The Hall–Kier alpha value is -2.67. The fraction of sp³-hybridized carbons (Fsp3) is 0.231. The van der Waals surface area contributed by atoms with Gasteiger partial charge in [-0.05, 0) is 59.6 Å². The molecule has 0 spiro atoms. The molecule has 0 nitrogen and oxygen atoms in total. The Morgan fingerprint density at radius 1 is 0.778 bits per heavy atom. The van der Waals surface area contributed by atoms with Crippen LogP contribution in [0.5, 0.6) is 0 Å². The van der Waals surface area contributed by atoms with Gasteiger partial charge < -0.3 is 0 Å². The Bertz CT molecular complexity index is 873. The smallest absolute Gasteiger partial charge is 0.131 e. The number of hydrogen-bond acceptors (Lipinski definition) is 0. The molecular weight excluding hydrogens is 331 g/mol. The van der Waals surface area contributed by atoms with Crippen LogP contribution in [0.4, 0.5) is 4.39 Å². The third kappa shape index (κ3) is 4.95. The van der Waals surface area contributed by atoms with Crippen molar-refractivity contribution in [3.63, 3.8) is 0 Å². The van der Waals surface area contributed by atoms with Crippen LogP contribution in [0.15, 0.2) is 79.4 Å². The van der Waals surface area contributed by atoms with Gasteiger partial charge in [-0.25, -0.2) is 4.39 Å². The van der Waals surface area contributed by atoms with Gasteiger partial charge in [-0.15, -0.1) is 6.58 Å². The second-order valence-electron chi connectivity index (χ2n) is 7.02. The zero-order valence-corrected chi connectivity index (χ0v) is 16.0. The number of benzene rings is 3. The lowest BCUT2D eigenvalue weighted by Crippen LogP contribution is -1.89. The highest BCUT2D eigenvalue weighted by molar-refractivity contribution is 5.71. The number of unbranched alkanes of at least 4 members (excludes halogenated alkanes) is 1. The molecule has 0 aromatic heterocycles. The third-order valence-corrected chi connectivity index (χ3v) is 4.93. The monoisotopic (exact) mass is 358 g/mol. The van der Waals surface area contributed by atoms with Gasteiger partial charge in [0.2, 0.25) is 0 Å². The van der Waals surface area contributed by atoms with Gasteiger partial charge in [-0.3, -0.25) is 0 Å². The van der Waals surface area contributed by atoms with Gasteiger partial charge in [0.25, 0.3) is 0 Å². The van der Waals surface area contributed by atoms with Crippen molar-refractivity contribution >= 4 is 0 Å². The van der Waals surface area contributed by atoms with Gasteiger partial charge in [0.1, 0.15) is 5.82 Å². The zero-order chi connectivity index (χ0) is 19.1. The molecule has 0 unspecified atom stereocenters. The molecule has 0 N–H and O–H groups in total. The topological polar surface area (TPSA) is 0 Å². The van der Waals surface area contributed by atoms with Crippen LogP contribution in [0.3, 0.4) is 0 Å². The minimum Gasteiger partial charge on any atom is -0.206 e. The summed E-state index contributed by atoms with van der Waals surface area (Å²) in [6.45, 7) is 5.93. The van der Waals surface area contributed by atoms with Gasteiger partial charge in [0.15, 0.2) is 0 Å². The number of hydrogen-bond donors (Lipinski definition) is 0. The summed E-state index contributed by atoms with van der Waals surface area (Å²) in [5.74, 6) is -0.176. The Labute approximate surface area is 162 Å². The Kier molecular flexibility index (Phi) is 6.59. The lowest BCUT2D eigenvalue weighted by Gasteiger charge is -2.09. The van der Waals surface area contributed by atoms with Gasteiger partial charge in [-0.2, -0.15) is 0 Å². The van der Waals surface area contributed by atoms with Crippen molar-refractivity contribution < 1.29 is 4.39 Å². The molecule has 0 heterocycles. The van der Waals surface area contributed by atoms with Crippen LogP contribution in [0.25, 0.3) is 22.3 Å². The quantitative estimate of drug-likeness (QED) is 0.287. The van der Waals surface area contributed by atoms with Gasteiger partial charge in [-0.1, -0.05) is 80.1 Å². The molecule has 0 atom stereocenters. The average Bonchev–Trinajstić information content (AvgIpc) is 2.70. The summed E-state index contributed by atoms with van der Waals surface area (Å²) in [7, 11) is 0. The predicted molar refractivity (Wildman–Crippen MR) is 114 cm³/mol. The molecule has 1 heteroatoms. The van der Waals surface area contributed by atoms with Crippen LogP contribution < -0.4 is 0 Å². The minimum absolute atomic E-state index is 0.176. The first kappa shape index (κ1) is 19.1. The lowest BCUT2D eigenvalue weighted by atomic mass is 9.97. The summed E-state index contributed by atoms with van der Waals surface area (Å²) in [5, 5.41) is 0. The highest BCUT2D eigenvalue weighted by atomic mass is 19.1. The molecular formula is C26H27F. The number of allylic oxidation sites excluding steroid dienone is 1. The van der Waals surface area contributed by atoms with E-state index in [4.69, 9.17) is 0 Å². The number of rotatable bonds is 8. The van der Waals surface area contributed by atoms with Crippen molar-refractivity contribution in [1.82, 2.24) is 0 Å². The highest BCUT2D eigenvalue weighted by Gasteiger charge is 2.08. The maximum absolute atomic E-state index is 14.8. The van der Waals surface area contributed by atoms with Crippen LogP contribution in [-0.4, -0.2) is 0 Å². The summed E-state index contributed by atoms with van der Waals surface area (Å²) in [5.41, 5.74) is 6.15. The summed E-state index contributed by atoms with van der Waals surface area (Å²) in [6, 6.07) is 22.2. The summed E-state index contributed by atoms with van der Waals surface area (Å²) >= 11 is 0. The maximum atomic E-state index is 14.8. The summed E-state index contributed by atoms with van der Waals surface area (Å²) in [6.07, 6.45) is 7.32. The van der Waals surface area contributed by atoms with Gasteiger partial charge in [0.05, 0.1) is 0 Å². The van der Waals surface area contributed by atoms with Crippen molar-refractivity contribution in [1.29, 1.82) is 0 Å². The predicted octanol–water partition coefficient (Wildman–Crippen LogP) is 7.62. The largest absolute Gasteiger partial charge is 0.206 e. The van der Waals surface area contributed by atoms with E-state index in [0.717, 1.165) is 48.8 Å². The van der Waals surface area contributed by atoms with Crippen LogP contribution in [-0.2, 0) is 12.8 Å². The Morgan fingerprint density at radius 2 is 1.37 bits per heavy atom. The first-order chi connectivity index (χ1) is 13.2. The molecule has 0 radical (unpaired) electrons. The second kappa shape index (κ2) is 9.32.